The van der Waals surface area contributed by atoms with Crippen LogP contribution < -0.4 is 5.32 Å². The first-order valence-electron chi connectivity index (χ1n) is 5.72. The van der Waals surface area contributed by atoms with Crippen molar-refractivity contribution in [1.82, 2.24) is 4.98 Å². The zero-order chi connectivity index (χ0) is 14.3. The molecule has 3 rings (SSSR count). The second-order valence-electron chi connectivity index (χ2n) is 4.24. The summed E-state index contributed by atoms with van der Waals surface area (Å²) in [7, 11) is 0. The highest BCUT2D eigenvalue weighted by Crippen LogP contribution is 2.36. The molecule has 0 fully saturated rings. The van der Waals surface area contributed by atoms with Crippen molar-refractivity contribution in [2.24, 2.45) is 0 Å². The van der Waals surface area contributed by atoms with E-state index in [0.29, 0.717) is 25.9 Å². The number of phenolic OH excluding ortho intramolecular Hbond substituents is 1. The third kappa shape index (κ3) is 2.25. The first-order valence-corrected chi connectivity index (χ1v) is 7.31. The number of carbonyl (C=O) groups excluding carboxylic acids is 1. The zero-order valence-electron chi connectivity index (χ0n) is 10.0. The van der Waals surface area contributed by atoms with Gasteiger partial charge >= 0.3 is 0 Å². The Hall–Kier alpha value is -1.66. The van der Waals surface area contributed by atoms with E-state index in [1.54, 1.807) is 30.5 Å². The fourth-order valence-electron chi connectivity index (χ4n) is 1.99. The number of rotatable bonds is 1. The average Bonchev–Trinajstić information content (AvgIpc) is 2.73. The Labute approximate surface area is 131 Å². The molecule has 0 bridgehead atoms. The number of fused-ring (bicyclic) bond motifs is 1. The summed E-state index contributed by atoms with van der Waals surface area (Å²) >= 11 is 6.54. The molecule has 0 unspecified atom stereocenters. The number of phenols is 1. The van der Waals surface area contributed by atoms with Gasteiger partial charge in [-0.05, 0) is 67.8 Å². The van der Waals surface area contributed by atoms with Crippen molar-refractivity contribution in [2.45, 2.75) is 0 Å². The van der Waals surface area contributed by atoms with Crippen molar-refractivity contribution < 1.29 is 9.90 Å². The summed E-state index contributed by atoms with van der Waals surface area (Å²) in [4.78, 5) is 16.2. The Balaban J connectivity index is 2.11. The summed E-state index contributed by atoms with van der Waals surface area (Å²) in [5.74, 6) is -0.0550. The fraction of sp³-hybridized carbons (Fsp3) is 0. The van der Waals surface area contributed by atoms with Crippen LogP contribution in [0.25, 0.3) is 11.6 Å². The van der Waals surface area contributed by atoms with E-state index in [4.69, 9.17) is 0 Å². The molecule has 2 N–H and O–H groups in total. The number of anilines is 1. The van der Waals surface area contributed by atoms with E-state index < -0.39 is 0 Å². The van der Waals surface area contributed by atoms with Crippen LogP contribution in [0, 0.1) is 0 Å². The quantitative estimate of drug-likeness (QED) is 0.721. The molecule has 100 valence electrons. The van der Waals surface area contributed by atoms with Crippen LogP contribution in [0.3, 0.4) is 0 Å². The summed E-state index contributed by atoms with van der Waals surface area (Å²) in [6.45, 7) is 0. The number of hydrogen-bond donors (Lipinski definition) is 2. The Kier molecular flexibility index (Phi) is 3.35. The van der Waals surface area contributed by atoms with Gasteiger partial charge in [-0.15, -0.1) is 0 Å². The predicted molar refractivity (Wildman–Crippen MR) is 84.2 cm³/mol. The van der Waals surface area contributed by atoms with Gasteiger partial charge in [0, 0.05) is 6.20 Å². The molecule has 1 aliphatic rings. The summed E-state index contributed by atoms with van der Waals surface area (Å²) in [6.07, 6.45) is 3.39. The van der Waals surface area contributed by atoms with Gasteiger partial charge in [0.1, 0.15) is 5.75 Å². The smallest absolute Gasteiger partial charge is 0.258 e. The minimum Gasteiger partial charge on any atom is -0.506 e. The van der Waals surface area contributed by atoms with Crippen LogP contribution in [0.15, 0.2) is 39.4 Å². The summed E-state index contributed by atoms with van der Waals surface area (Å²) in [5, 5.41) is 12.5. The lowest BCUT2D eigenvalue weighted by Crippen LogP contribution is -2.03. The molecule has 0 atom stereocenters. The van der Waals surface area contributed by atoms with Gasteiger partial charge in [-0.3, -0.25) is 9.78 Å². The predicted octanol–water partition coefficient (Wildman–Crippen LogP) is 3.80. The van der Waals surface area contributed by atoms with Gasteiger partial charge in [0.25, 0.3) is 5.91 Å². The van der Waals surface area contributed by atoms with Crippen LogP contribution in [0.5, 0.6) is 5.75 Å². The lowest BCUT2D eigenvalue weighted by Gasteiger charge is -2.03. The third-order valence-electron chi connectivity index (χ3n) is 2.91. The van der Waals surface area contributed by atoms with Crippen LogP contribution >= 0.6 is 31.9 Å². The largest absolute Gasteiger partial charge is 0.506 e. The average molecular weight is 396 g/mol. The van der Waals surface area contributed by atoms with Gasteiger partial charge in [-0.2, -0.15) is 0 Å². The van der Waals surface area contributed by atoms with Crippen molar-refractivity contribution in [3.63, 3.8) is 0 Å². The Bertz CT molecular complexity index is 734. The number of amides is 1. The maximum absolute atomic E-state index is 12.0. The molecule has 0 saturated carbocycles. The third-order valence-corrected chi connectivity index (χ3v) is 4.11. The van der Waals surface area contributed by atoms with Gasteiger partial charge in [0.2, 0.25) is 0 Å². The van der Waals surface area contributed by atoms with Crippen LogP contribution in [0.2, 0.25) is 0 Å². The van der Waals surface area contributed by atoms with Crippen LogP contribution in [0.1, 0.15) is 11.3 Å². The number of aromatic nitrogens is 1. The van der Waals surface area contributed by atoms with Crippen molar-refractivity contribution in [1.29, 1.82) is 0 Å². The molecule has 0 spiro atoms. The van der Waals surface area contributed by atoms with E-state index in [0.717, 1.165) is 5.56 Å². The number of nitrogens with zero attached hydrogens (tertiary/aromatic N) is 1. The Morgan fingerprint density at radius 1 is 1.25 bits per heavy atom. The molecule has 4 nitrogen and oxygen atoms in total. The van der Waals surface area contributed by atoms with E-state index in [1.165, 1.54) is 0 Å². The lowest BCUT2D eigenvalue weighted by molar-refractivity contribution is -0.110. The number of nitrogens with one attached hydrogen (secondary N) is 1. The number of carbonyl (C=O) groups is 1. The molecule has 0 saturated heterocycles. The molecular formula is C14H8Br2N2O2. The maximum Gasteiger partial charge on any atom is 0.258 e. The van der Waals surface area contributed by atoms with Gasteiger partial charge in [-0.1, -0.05) is 0 Å². The first kappa shape index (κ1) is 13.3. The Morgan fingerprint density at radius 2 is 1.95 bits per heavy atom. The molecule has 6 heteroatoms. The molecule has 2 heterocycles. The van der Waals surface area contributed by atoms with E-state index in [1.807, 2.05) is 6.07 Å². The summed E-state index contributed by atoms with van der Waals surface area (Å²) in [6, 6.07) is 7.06. The standard InChI is InChI=1S/C14H8Br2N2O2/c15-9-5-7(6-10(16)13(9)19)4-8-12-11(18-14(8)20)2-1-3-17-12/h1-6,19H,(H,18,20)/b8-4-. The summed E-state index contributed by atoms with van der Waals surface area (Å²) < 4.78 is 1.11. The molecule has 1 aliphatic heterocycles. The van der Waals surface area contributed by atoms with E-state index in [2.05, 4.69) is 42.2 Å². The molecule has 0 radical (unpaired) electrons. The summed E-state index contributed by atoms with van der Waals surface area (Å²) in [5.41, 5.74) is 2.63. The monoisotopic (exact) mass is 394 g/mol. The van der Waals surface area contributed by atoms with Gasteiger partial charge in [0.05, 0.1) is 25.9 Å². The number of pyridine rings is 1. The number of benzene rings is 1. The van der Waals surface area contributed by atoms with Crippen molar-refractivity contribution >= 4 is 55.1 Å². The minimum atomic E-state index is -0.181. The fourth-order valence-corrected chi connectivity index (χ4v) is 3.21. The highest BCUT2D eigenvalue weighted by molar-refractivity contribution is 9.11. The van der Waals surface area contributed by atoms with Crippen LogP contribution in [0.4, 0.5) is 5.69 Å². The van der Waals surface area contributed by atoms with Crippen molar-refractivity contribution in [2.75, 3.05) is 5.32 Å². The number of halogens is 2. The molecule has 0 aliphatic carbocycles. The van der Waals surface area contributed by atoms with E-state index in [-0.39, 0.29) is 11.7 Å². The molecule has 20 heavy (non-hydrogen) atoms. The van der Waals surface area contributed by atoms with Crippen molar-refractivity contribution in [3.05, 3.63) is 50.7 Å². The molecule has 1 amide bonds. The second kappa shape index (κ2) is 5.03. The van der Waals surface area contributed by atoms with Gasteiger partial charge in [-0.25, -0.2) is 0 Å². The molecule has 2 aromatic rings. The second-order valence-corrected chi connectivity index (χ2v) is 5.95. The van der Waals surface area contributed by atoms with Crippen molar-refractivity contribution in [3.8, 4) is 5.75 Å². The topological polar surface area (TPSA) is 62.2 Å². The highest BCUT2D eigenvalue weighted by Gasteiger charge is 2.25. The molecular weight excluding hydrogens is 388 g/mol. The molecule has 1 aromatic heterocycles. The molecule has 1 aromatic carbocycles. The lowest BCUT2D eigenvalue weighted by atomic mass is 10.1. The first-order chi connectivity index (χ1) is 9.56. The Morgan fingerprint density at radius 3 is 2.65 bits per heavy atom. The van der Waals surface area contributed by atoms with Crippen LogP contribution in [-0.2, 0) is 4.79 Å². The van der Waals surface area contributed by atoms with Gasteiger partial charge < -0.3 is 10.4 Å². The van der Waals surface area contributed by atoms with Gasteiger partial charge in [0.15, 0.2) is 0 Å². The number of hydrogen-bond acceptors (Lipinski definition) is 3. The zero-order valence-corrected chi connectivity index (χ0v) is 13.2. The normalized spacial score (nSPS) is 15.3. The van der Waals surface area contributed by atoms with E-state index >= 15 is 0 Å². The van der Waals surface area contributed by atoms with E-state index in [9.17, 15) is 9.90 Å². The maximum atomic E-state index is 12.0. The SMILES string of the molecule is O=C1Nc2cccnc2/C1=C/c1cc(Br)c(O)c(Br)c1. The van der Waals surface area contributed by atoms with Crippen LogP contribution in [-0.4, -0.2) is 16.0 Å². The number of aromatic hydroxyl groups is 1. The minimum absolute atomic E-state index is 0.126. The highest BCUT2D eigenvalue weighted by atomic mass is 79.9.